The van der Waals surface area contributed by atoms with E-state index in [2.05, 4.69) is 17.1 Å². The number of halogens is 1. The Morgan fingerprint density at radius 1 is 1.52 bits per heavy atom. The van der Waals surface area contributed by atoms with Gasteiger partial charge in [-0.3, -0.25) is 9.69 Å². The van der Waals surface area contributed by atoms with E-state index in [9.17, 15) is 4.79 Å². The van der Waals surface area contributed by atoms with Crippen molar-refractivity contribution in [2.24, 2.45) is 11.7 Å². The molecule has 0 bridgehead atoms. The van der Waals surface area contributed by atoms with Gasteiger partial charge in [-0.2, -0.15) is 0 Å². The maximum atomic E-state index is 12.1. The fraction of sp³-hybridized carbons (Fsp3) is 0.588. The van der Waals surface area contributed by atoms with Gasteiger partial charge in [-0.05, 0) is 49.9 Å². The molecular weight excluding hydrogens is 314 g/mol. The molecule has 1 aromatic rings. The fourth-order valence-corrected chi connectivity index (χ4v) is 2.91. The summed E-state index contributed by atoms with van der Waals surface area (Å²) in [6.07, 6.45) is 2.29. The van der Waals surface area contributed by atoms with Gasteiger partial charge in [0.1, 0.15) is 5.75 Å². The van der Waals surface area contributed by atoms with Gasteiger partial charge in [0.25, 0.3) is 0 Å². The highest BCUT2D eigenvalue weighted by atomic mass is 35.5. The standard InChI is InChI=1S/C17H27N3O2.ClH/c1-13(18)15-6-4-8-20(11-15)12-17(21)19-10-14-5-3-7-16(9-14)22-2;/h3,5,7,9,13,15H,4,6,8,10-12,18H2,1-2H3,(H,19,21);1H. The van der Waals surface area contributed by atoms with Gasteiger partial charge in [0.2, 0.25) is 5.91 Å². The first-order chi connectivity index (χ1) is 10.6. The van der Waals surface area contributed by atoms with Crippen molar-refractivity contribution in [2.75, 3.05) is 26.7 Å². The van der Waals surface area contributed by atoms with E-state index in [-0.39, 0.29) is 24.4 Å². The molecule has 23 heavy (non-hydrogen) atoms. The van der Waals surface area contributed by atoms with Crippen molar-refractivity contribution < 1.29 is 9.53 Å². The number of hydrogen-bond acceptors (Lipinski definition) is 4. The molecule has 1 amide bonds. The van der Waals surface area contributed by atoms with Crippen molar-refractivity contribution in [1.82, 2.24) is 10.2 Å². The van der Waals surface area contributed by atoms with E-state index in [0.29, 0.717) is 19.0 Å². The summed E-state index contributed by atoms with van der Waals surface area (Å²) in [6, 6.07) is 7.94. The van der Waals surface area contributed by atoms with Gasteiger partial charge in [-0.15, -0.1) is 12.4 Å². The van der Waals surface area contributed by atoms with Crippen LogP contribution in [0.1, 0.15) is 25.3 Å². The Hall–Kier alpha value is -1.30. The van der Waals surface area contributed by atoms with Crippen LogP contribution in [0, 0.1) is 5.92 Å². The van der Waals surface area contributed by atoms with E-state index < -0.39 is 0 Å². The largest absolute Gasteiger partial charge is 0.497 e. The Balaban J connectivity index is 0.00000264. The molecule has 1 fully saturated rings. The van der Waals surface area contributed by atoms with E-state index >= 15 is 0 Å². The van der Waals surface area contributed by atoms with Crippen molar-refractivity contribution in [3.63, 3.8) is 0 Å². The number of carbonyl (C=O) groups is 1. The molecule has 5 nitrogen and oxygen atoms in total. The Bertz CT molecular complexity index is 496. The second-order valence-electron chi connectivity index (χ2n) is 6.12. The van der Waals surface area contributed by atoms with Crippen LogP contribution in [0.3, 0.4) is 0 Å². The maximum Gasteiger partial charge on any atom is 0.234 e. The summed E-state index contributed by atoms with van der Waals surface area (Å²) < 4.78 is 5.18. The van der Waals surface area contributed by atoms with E-state index in [1.54, 1.807) is 7.11 Å². The highest BCUT2D eigenvalue weighted by Gasteiger charge is 2.23. The summed E-state index contributed by atoms with van der Waals surface area (Å²) in [6.45, 7) is 4.94. The van der Waals surface area contributed by atoms with Crippen LogP contribution in [0.2, 0.25) is 0 Å². The smallest absolute Gasteiger partial charge is 0.234 e. The van der Waals surface area contributed by atoms with Gasteiger partial charge in [0, 0.05) is 19.1 Å². The summed E-state index contributed by atoms with van der Waals surface area (Å²) >= 11 is 0. The molecule has 1 aromatic carbocycles. The molecule has 1 aliphatic rings. The molecule has 0 radical (unpaired) electrons. The first kappa shape index (κ1) is 19.7. The minimum atomic E-state index is 0. The first-order valence-corrected chi connectivity index (χ1v) is 7.96. The predicted molar refractivity (Wildman–Crippen MR) is 94.9 cm³/mol. The van der Waals surface area contributed by atoms with Crippen LogP contribution in [0.15, 0.2) is 24.3 Å². The fourth-order valence-electron chi connectivity index (χ4n) is 2.91. The van der Waals surface area contributed by atoms with E-state index in [1.807, 2.05) is 24.3 Å². The summed E-state index contributed by atoms with van der Waals surface area (Å²) in [5.74, 6) is 1.37. The van der Waals surface area contributed by atoms with Crippen molar-refractivity contribution >= 4 is 18.3 Å². The van der Waals surface area contributed by atoms with Crippen LogP contribution in [0.25, 0.3) is 0 Å². The third-order valence-corrected chi connectivity index (χ3v) is 4.28. The third kappa shape index (κ3) is 6.37. The predicted octanol–water partition coefficient (Wildman–Crippen LogP) is 1.79. The van der Waals surface area contributed by atoms with Crippen LogP contribution >= 0.6 is 12.4 Å². The minimum absolute atomic E-state index is 0. The summed E-state index contributed by atoms with van der Waals surface area (Å²) in [7, 11) is 1.64. The Morgan fingerprint density at radius 3 is 3.00 bits per heavy atom. The summed E-state index contributed by atoms with van der Waals surface area (Å²) in [5, 5.41) is 2.97. The number of amides is 1. The molecule has 1 aliphatic heterocycles. The number of nitrogens with zero attached hydrogens (tertiary/aromatic N) is 1. The van der Waals surface area contributed by atoms with Gasteiger partial charge in [0.05, 0.1) is 13.7 Å². The number of benzene rings is 1. The normalized spacial score (nSPS) is 19.5. The number of rotatable bonds is 6. The second-order valence-corrected chi connectivity index (χ2v) is 6.12. The number of nitrogens with two attached hydrogens (primary N) is 1. The molecule has 2 unspecified atom stereocenters. The molecule has 3 N–H and O–H groups in total. The summed E-state index contributed by atoms with van der Waals surface area (Å²) in [5.41, 5.74) is 7.02. The lowest BCUT2D eigenvalue weighted by Gasteiger charge is -2.34. The molecule has 2 atom stereocenters. The van der Waals surface area contributed by atoms with Crippen molar-refractivity contribution in [1.29, 1.82) is 0 Å². The molecule has 1 saturated heterocycles. The molecular formula is C17H28ClN3O2. The lowest BCUT2D eigenvalue weighted by molar-refractivity contribution is -0.122. The molecule has 0 saturated carbocycles. The zero-order valence-electron chi connectivity index (χ0n) is 14.0. The van der Waals surface area contributed by atoms with Crippen LogP contribution < -0.4 is 15.8 Å². The quantitative estimate of drug-likeness (QED) is 0.827. The van der Waals surface area contributed by atoms with Crippen LogP contribution in [-0.2, 0) is 11.3 Å². The van der Waals surface area contributed by atoms with Crippen LogP contribution in [0.5, 0.6) is 5.75 Å². The number of piperidine rings is 1. The lowest BCUT2D eigenvalue weighted by Crippen LogP contribution is -2.46. The molecule has 2 rings (SSSR count). The van der Waals surface area contributed by atoms with Crippen molar-refractivity contribution in [3.05, 3.63) is 29.8 Å². The topological polar surface area (TPSA) is 67.6 Å². The molecule has 130 valence electrons. The monoisotopic (exact) mass is 341 g/mol. The molecule has 1 heterocycles. The first-order valence-electron chi connectivity index (χ1n) is 7.96. The molecule has 0 aromatic heterocycles. The van der Waals surface area contributed by atoms with Gasteiger partial charge < -0.3 is 15.8 Å². The number of carbonyl (C=O) groups excluding carboxylic acids is 1. The SMILES string of the molecule is COc1cccc(CNC(=O)CN2CCCC(C(C)N)C2)c1.Cl. The highest BCUT2D eigenvalue weighted by Crippen LogP contribution is 2.18. The zero-order valence-corrected chi connectivity index (χ0v) is 14.8. The molecule has 0 aliphatic carbocycles. The number of methoxy groups -OCH3 is 1. The van der Waals surface area contributed by atoms with E-state index in [1.165, 1.54) is 6.42 Å². The van der Waals surface area contributed by atoms with E-state index in [0.717, 1.165) is 30.8 Å². The van der Waals surface area contributed by atoms with Gasteiger partial charge in [-0.25, -0.2) is 0 Å². The Morgan fingerprint density at radius 2 is 2.30 bits per heavy atom. The number of likely N-dealkylation sites (tertiary alicyclic amines) is 1. The number of nitrogens with one attached hydrogen (secondary N) is 1. The number of hydrogen-bond donors (Lipinski definition) is 2. The Kier molecular flexibility index (Phi) is 8.37. The van der Waals surface area contributed by atoms with Crippen molar-refractivity contribution in [3.8, 4) is 5.75 Å². The van der Waals surface area contributed by atoms with Crippen LogP contribution in [0.4, 0.5) is 0 Å². The maximum absolute atomic E-state index is 12.1. The van der Waals surface area contributed by atoms with Gasteiger partial charge in [0.15, 0.2) is 0 Å². The zero-order chi connectivity index (χ0) is 15.9. The highest BCUT2D eigenvalue weighted by molar-refractivity contribution is 5.85. The molecule has 0 spiro atoms. The third-order valence-electron chi connectivity index (χ3n) is 4.28. The molecule has 6 heteroatoms. The lowest BCUT2D eigenvalue weighted by atomic mass is 9.92. The minimum Gasteiger partial charge on any atom is -0.497 e. The van der Waals surface area contributed by atoms with E-state index in [4.69, 9.17) is 10.5 Å². The van der Waals surface area contributed by atoms with Crippen LogP contribution in [-0.4, -0.2) is 43.6 Å². The average Bonchev–Trinajstić information content (AvgIpc) is 2.53. The average molecular weight is 342 g/mol. The number of ether oxygens (including phenoxy) is 1. The van der Waals surface area contributed by atoms with Crippen molar-refractivity contribution in [2.45, 2.75) is 32.4 Å². The summed E-state index contributed by atoms with van der Waals surface area (Å²) in [4.78, 5) is 14.3. The van der Waals surface area contributed by atoms with Gasteiger partial charge >= 0.3 is 0 Å². The van der Waals surface area contributed by atoms with Gasteiger partial charge in [-0.1, -0.05) is 12.1 Å². The Labute approximate surface area is 145 Å². The second kappa shape index (κ2) is 9.75.